The van der Waals surface area contributed by atoms with Gasteiger partial charge < -0.3 is 18.7 Å². The van der Waals surface area contributed by atoms with Gasteiger partial charge in [0.1, 0.15) is 0 Å². The summed E-state index contributed by atoms with van der Waals surface area (Å²) in [6.07, 6.45) is 0. The van der Waals surface area contributed by atoms with Crippen LogP contribution in [0.5, 0.6) is 0 Å². The summed E-state index contributed by atoms with van der Waals surface area (Å²) < 4.78 is 45.8. The summed E-state index contributed by atoms with van der Waals surface area (Å²) >= 11 is 24.3. The number of nitro groups is 1. The molecule has 0 unspecified atom stereocenters. The molecule has 20 aromatic rings. The second kappa shape index (κ2) is 36.1. The topological polar surface area (TPSA) is 73.7 Å². The van der Waals surface area contributed by atoms with Crippen LogP contribution in [0.25, 0.3) is 149 Å². The van der Waals surface area contributed by atoms with E-state index in [0.717, 1.165) is 110 Å². The molecule has 0 saturated heterocycles. The summed E-state index contributed by atoms with van der Waals surface area (Å²) in [7, 11) is 0. The Morgan fingerprint density at radius 1 is 0.283 bits per heavy atom. The Balaban J connectivity index is 0.000000137. The number of nitrogens with one attached hydrogen (secondary N) is 1. The third kappa shape index (κ3) is 17.4. The van der Waals surface area contributed by atoms with Crippen LogP contribution in [0.15, 0.2) is 401 Å². The molecule has 0 saturated carbocycles. The molecule has 3 radical (unpaired) electrons. The van der Waals surface area contributed by atoms with Crippen LogP contribution in [-0.4, -0.2) is 32.0 Å². The van der Waals surface area contributed by atoms with Crippen LogP contribution in [0.4, 0.5) is 5.69 Å². The van der Waals surface area contributed by atoms with E-state index in [1.54, 1.807) is 12.1 Å². The summed E-state index contributed by atoms with van der Waals surface area (Å²) in [5, 5.41) is 20.4. The van der Waals surface area contributed by atoms with Crippen LogP contribution in [0, 0.1) is 10.1 Å². The number of nitro benzene ring substituents is 1. The van der Waals surface area contributed by atoms with Gasteiger partial charge >= 0.3 is 0 Å². The molecule has 0 amide bonds. The van der Waals surface area contributed by atoms with Crippen molar-refractivity contribution in [2.45, 2.75) is 14.9 Å². The fraction of sp³-hybridized carbons (Fsp3) is 0.0204. The second-order valence-electron chi connectivity index (χ2n) is 25.9. The minimum Gasteiger partial charge on any atom is -0.354 e. The summed E-state index contributed by atoms with van der Waals surface area (Å²) in [5.41, 5.74) is 20.6. The molecule has 0 aliphatic carbocycles. The first-order valence-electron chi connectivity index (χ1n) is 37.0. The van der Waals surface area contributed by atoms with E-state index >= 15 is 0 Å². The molecule has 16 aromatic carbocycles. The Labute approximate surface area is 724 Å². The molecule has 113 heavy (non-hydrogen) atoms. The Morgan fingerprint density at radius 2 is 0.593 bits per heavy atom. The lowest BCUT2D eigenvalue weighted by atomic mass is 10.0. The standard InChI is InChI=1S/C24H15Br2N.C24H16BrN.C24H17N.C12H7Br2NO2.C12H7Br2N.2CH4.B.H2/c25-18-8-12-21-22-13-9-19(26)15-24(22)27(23(21)14-18)20-10-6-17(7-11-20)16-4-2-1-3-5-16;25-19-12-15-24-22(16-19)21-8-4-5-9-23(21)26(24)20-13-10-18(11-14-20)17-6-2-1-3-7-17;1-2-8-18(9-3-1)19-14-16-20(17-15-19)25-23-12-6-4-10-21(23)22-11-5-7-13-24(22)25;13-9-3-1-8(2-4-9)11-6-5-10(14)7-12(11)15(16)17;13-7-1-3-9-10-4-2-8(14)6-12(10)15-11(9)5-7;;;;/h1-15H;1-16H;1-17H;1-7H;1-6,15H;2*1H4;;1H/i;5D,12D;6D,7D;;;;;;1+1. The highest BCUT2D eigenvalue weighted by Crippen LogP contribution is 2.40. The number of H-pyrrole nitrogens is 1. The van der Waals surface area contributed by atoms with Crippen molar-refractivity contribution in [2.75, 3.05) is 0 Å². The van der Waals surface area contributed by atoms with Crippen LogP contribution in [0.3, 0.4) is 0 Å². The molecule has 1 N–H and O–H groups in total. The largest absolute Gasteiger partial charge is 0.354 e. The van der Waals surface area contributed by atoms with Crippen molar-refractivity contribution < 1.29 is 11.8 Å². The van der Waals surface area contributed by atoms with Crippen LogP contribution in [0.2, 0.25) is 0 Å². The van der Waals surface area contributed by atoms with Crippen molar-refractivity contribution >= 4 is 213 Å². The number of hydrogen-bond donors (Lipinski definition) is 1. The minimum absolute atomic E-state index is 0. The number of para-hydroxylation sites is 3. The fourth-order valence-corrected chi connectivity index (χ4v) is 16.5. The first kappa shape index (κ1) is 75.2. The Morgan fingerprint density at radius 3 is 0.991 bits per heavy atom. The van der Waals surface area contributed by atoms with Crippen LogP contribution in [-0.2, 0) is 0 Å². The SMILES string of the molecule is Brc1ccc2c(c1)[nH]c1cc(Br)ccc12.Brc1ccc2c3ccc(Br)cc3n(-c3ccc(-c4ccccc4)cc3)c2c1.C.C.O=[N+]([O-])c1cc(Br)ccc1-c1ccc(Br)cc1.[2HH].[2H]c1ccc2c3cc(Br)c([2H])cc3n(-c3ccc(-c4ccccc4)cc3)c2c1.[2H]c1ccc2c3ccc([2H])cc3n(-c3ccc(-c4ccccc4)cc3)c2c1.[B]. The monoisotopic (exact) mass is 1920 g/mol. The van der Waals surface area contributed by atoms with Gasteiger partial charge in [0.15, 0.2) is 0 Å². The molecule has 0 aliphatic rings. The lowest BCUT2D eigenvalue weighted by molar-refractivity contribution is -0.384. The number of aromatic amines is 1. The smallest absolute Gasteiger partial charge is 0.278 e. The Hall–Kier alpha value is -10.5. The fourth-order valence-electron chi connectivity index (χ4n) is 14.1. The third-order valence-electron chi connectivity index (χ3n) is 19.2. The molecule has 0 atom stereocenters. The van der Waals surface area contributed by atoms with E-state index in [1.807, 2.05) is 133 Å². The van der Waals surface area contributed by atoms with Gasteiger partial charge in [0.25, 0.3) is 5.69 Å². The van der Waals surface area contributed by atoms with Crippen molar-refractivity contribution in [2.24, 2.45) is 0 Å². The number of benzene rings is 16. The quantitative estimate of drug-likeness (QED) is 0.0935. The molecule has 0 spiro atoms. The van der Waals surface area contributed by atoms with Gasteiger partial charge in [0, 0.05) is 118 Å². The van der Waals surface area contributed by atoms with Gasteiger partial charge in [-0.1, -0.05) is 345 Å². The molecule has 553 valence electrons. The molecule has 20 rings (SSSR count). The van der Waals surface area contributed by atoms with Crippen molar-refractivity contribution in [3.8, 4) is 61.6 Å². The van der Waals surface area contributed by atoms with Crippen LogP contribution in [0.1, 0.15) is 21.8 Å². The van der Waals surface area contributed by atoms with Gasteiger partial charge in [-0.15, -0.1) is 0 Å². The van der Waals surface area contributed by atoms with E-state index in [0.29, 0.717) is 34.2 Å². The van der Waals surface area contributed by atoms with Crippen LogP contribution >= 0.6 is 112 Å². The van der Waals surface area contributed by atoms with Crippen molar-refractivity contribution in [1.82, 2.24) is 18.7 Å². The lowest BCUT2D eigenvalue weighted by Gasteiger charge is -2.10. The van der Waals surface area contributed by atoms with E-state index in [4.69, 9.17) is 5.48 Å². The molecule has 0 aliphatic heterocycles. The average Bonchev–Trinajstić information content (AvgIpc) is 1.58. The predicted octanol–water partition coefficient (Wildman–Crippen LogP) is 32.4. The third-order valence-corrected chi connectivity index (χ3v) is 22.6. The maximum Gasteiger partial charge on any atom is 0.278 e. The molecule has 15 heteroatoms. The summed E-state index contributed by atoms with van der Waals surface area (Å²) in [6, 6.07) is 118. The first-order valence-corrected chi connectivity index (χ1v) is 40.6. The minimum atomic E-state index is -0.373. The zero-order valence-corrected chi connectivity index (χ0v) is 69.8. The van der Waals surface area contributed by atoms with Crippen molar-refractivity contribution in [1.29, 1.82) is 0 Å². The van der Waals surface area contributed by atoms with E-state index in [2.05, 4.69) is 324 Å². The number of hydrogen-bond acceptors (Lipinski definition) is 2. The van der Waals surface area contributed by atoms with Gasteiger partial charge in [-0.25, -0.2) is 0 Å². The maximum atomic E-state index is 11.0. The van der Waals surface area contributed by atoms with Crippen LogP contribution < -0.4 is 0 Å². The van der Waals surface area contributed by atoms with Gasteiger partial charge in [-0.3, -0.25) is 10.1 Å². The highest BCUT2D eigenvalue weighted by molar-refractivity contribution is 9.11. The lowest BCUT2D eigenvalue weighted by Crippen LogP contribution is -1.93. The highest BCUT2D eigenvalue weighted by atomic mass is 79.9. The maximum absolute atomic E-state index is 11.0. The van der Waals surface area contributed by atoms with E-state index in [9.17, 15) is 10.1 Å². The average molecular weight is 1930 g/mol. The molecule has 4 heterocycles. The molecule has 4 aromatic heterocycles. The zero-order valence-electron chi connectivity index (χ0n) is 62.7. The number of aromatic nitrogens is 4. The van der Waals surface area contributed by atoms with Gasteiger partial charge in [-0.2, -0.15) is 0 Å². The van der Waals surface area contributed by atoms with Crippen molar-refractivity contribution in [3.63, 3.8) is 0 Å². The normalized spacial score (nSPS) is 11.3. The molecule has 7 nitrogen and oxygen atoms in total. The van der Waals surface area contributed by atoms with Gasteiger partial charge in [0.2, 0.25) is 0 Å². The highest BCUT2D eigenvalue weighted by Gasteiger charge is 2.19. The van der Waals surface area contributed by atoms with E-state index in [-0.39, 0.29) is 35.3 Å². The molecule has 0 fully saturated rings. The Bertz CT molecular complexity index is 6640. The zero-order chi connectivity index (χ0) is 78.8. The molecule has 0 bridgehead atoms. The number of rotatable bonds is 8. The van der Waals surface area contributed by atoms with Crippen molar-refractivity contribution in [3.05, 3.63) is 411 Å². The number of fused-ring (bicyclic) bond motifs is 12. The summed E-state index contributed by atoms with van der Waals surface area (Å²) in [4.78, 5) is 14.0. The Kier molecular flexibility index (Phi) is 24.1. The predicted molar refractivity (Wildman–Crippen MR) is 508 cm³/mol. The van der Waals surface area contributed by atoms with Gasteiger partial charge in [0.05, 0.1) is 49.1 Å². The number of nitrogens with zero attached hydrogens (tertiary/aromatic N) is 4. The molecular formula is C98H72BBr7N5O2. The number of halogens is 7. The summed E-state index contributed by atoms with van der Waals surface area (Å²) in [6.45, 7) is 0. The second-order valence-corrected chi connectivity index (χ2v) is 32.3. The van der Waals surface area contributed by atoms with E-state index < -0.39 is 0 Å². The van der Waals surface area contributed by atoms with Gasteiger partial charge in [-0.05, 0) is 185 Å². The first-order chi connectivity index (χ1) is 55.3. The summed E-state index contributed by atoms with van der Waals surface area (Å²) in [5.74, 6) is 0. The molecular weight excluding hydrogens is 1850 g/mol. The van der Waals surface area contributed by atoms with E-state index in [1.165, 1.54) is 66.5 Å².